The lowest BCUT2D eigenvalue weighted by Crippen LogP contribution is -2.64. The summed E-state index contributed by atoms with van der Waals surface area (Å²) in [4.78, 5) is 24.7. The van der Waals surface area contributed by atoms with Gasteiger partial charge in [-0.25, -0.2) is 9.59 Å². The molecule has 0 saturated carbocycles. The van der Waals surface area contributed by atoms with Gasteiger partial charge in [0.2, 0.25) is 6.29 Å². The van der Waals surface area contributed by atoms with Gasteiger partial charge in [-0.2, -0.15) is 0 Å². The van der Waals surface area contributed by atoms with Crippen LogP contribution in [0.3, 0.4) is 0 Å². The Morgan fingerprint density at radius 1 is 0.585 bits per heavy atom. The average Bonchev–Trinajstić information content (AvgIpc) is 3.16. The molecule has 290 valence electrons. The number of esters is 2. The molecule has 17 nitrogen and oxygen atoms in total. The Labute approximate surface area is 303 Å². The van der Waals surface area contributed by atoms with Gasteiger partial charge in [0.05, 0.1) is 12.7 Å². The molecule has 0 aliphatic carbocycles. The lowest BCUT2D eigenvalue weighted by atomic mass is 9.97. The zero-order valence-electron chi connectivity index (χ0n) is 28.4. The maximum absolute atomic E-state index is 12.4. The highest BCUT2D eigenvalue weighted by molar-refractivity contribution is 5.87. The van der Waals surface area contributed by atoms with E-state index in [1.54, 1.807) is 54.6 Å². The van der Waals surface area contributed by atoms with Crippen molar-refractivity contribution in [2.24, 2.45) is 0 Å². The lowest BCUT2D eigenvalue weighted by molar-refractivity contribution is -0.362. The summed E-state index contributed by atoms with van der Waals surface area (Å²) >= 11 is 0. The van der Waals surface area contributed by atoms with Crippen LogP contribution in [-0.2, 0) is 42.7 Å². The van der Waals surface area contributed by atoms with Crippen LogP contribution in [0.15, 0.2) is 72.8 Å². The summed E-state index contributed by atoms with van der Waals surface area (Å²) in [6.45, 7) is 0.249. The number of hydrogen-bond donors (Lipinski definition) is 8. The van der Waals surface area contributed by atoms with Crippen LogP contribution in [0.5, 0.6) is 0 Å². The minimum Gasteiger partial charge on any atom is -0.460 e. The third-order valence-electron chi connectivity index (χ3n) is 8.88. The second kappa shape index (κ2) is 18.6. The number of aliphatic hydroxyl groups is 8. The van der Waals surface area contributed by atoms with Crippen LogP contribution in [0.2, 0.25) is 0 Å². The number of aliphatic hydroxyl groups excluding tert-OH is 8. The van der Waals surface area contributed by atoms with E-state index in [0.717, 1.165) is 17.7 Å². The molecule has 2 aromatic carbocycles. The summed E-state index contributed by atoms with van der Waals surface area (Å²) in [7, 11) is 0. The molecule has 0 radical (unpaired) electrons. The van der Waals surface area contributed by atoms with E-state index in [9.17, 15) is 50.4 Å². The molecular weight excluding hydrogens is 704 g/mol. The van der Waals surface area contributed by atoms with E-state index < -0.39 is 117 Å². The fourth-order valence-corrected chi connectivity index (χ4v) is 5.78. The highest BCUT2D eigenvalue weighted by atomic mass is 16.8. The van der Waals surface area contributed by atoms with Crippen LogP contribution < -0.4 is 0 Å². The third-order valence-corrected chi connectivity index (χ3v) is 8.88. The second-order valence-corrected chi connectivity index (χ2v) is 12.7. The van der Waals surface area contributed by atoms with Crippen molar-refractivity contribution in [3.8, 4) is 0 Å². The summed E-state index contributed by atoms with van der Waals surface area (Å²) in [5.74, 6) is -1.70. The first-order chi connectivity index (χ1) is 25.3. The third kappa shape index (κ3) is 10.3. The molecule has 3 aliphatic heterocycles. The van der Waals surface area contributed by atoms with E-state index in [2.05, 4.69) is 0 Å². The van der Waals surface area contributed by atoms with Crippen molar-refractivity contribution < 1.29 is 83.6 Å². The predicted molar refractivity (Wildman–Crippen MR) is 179 cm³/mol. The molecule has 3 fully saturated rings. The highest BCUT2D eigenvalue weighted by Crippen LogP contribution is 2.31. The van der Waals surface area contributed by atoms with Gasteiger partial charge in [-0.1, -0.05) is 60.7 Å². The van der Waals surface area contributed by atoms with Crippen molar-refractivity contribution >= 4 is 24.1 Å². The first kappa shape index (κ1) is 40.5. The van der Waals surface area contributed by atoms with Gasteiger partial charge in [-0.3, -0.25) is 0 Å². The van der Waals surface area contributed by atoms with Gasteiger partial charge >= 0.3 is 11.9 Å². The Morgan fingerprint density at radius 3 is 1.68 bits per heavy atom. The molecule has 5 rings (SSSR count). The number of rotatable bonds is 12. The smallest absolute Gasteiger partial charge is 0.333 e. The molecule has 8 N–H and O–H groups in total. The molecule has 0 amide bonds. The number of ether oxygens (including phenoxy) is 7. The van der Waals surface area contributed by atoms with E-state index in [1.807, 2.05) is 6.07 Å². The molecule has 0 spiro atoms. The quantitative estimate of drug-likeness (QED) is 0.0861. The molecular formula is C36H44O17. The molecule has 3 aliphatic rings. The van der Waals surface area contributed by atoms with Gasteiger partial charge in [-0.15, -0.1) is 0 Å². The van der Waals surface area contributed by atoms with Crippen molar-refractivity contribution in [3.05, 3.63) is 83.9 Å². The van der Waals surface area contributed by atoms with Crippen molar-refractivity contribution in [2.45, 2.75) is 99.0 Å². The monoisotopic (exact) mass is 748 g/mol. The Bertz CT molecular complexity index is 1520. The summed E-state index contributed by atoms with van der Waals surface area (Å²) in [5, 5.41) is 85.0. The van der Waals surface area contributed by atoms with Gasteiger partial charge < -0.3 is 74.0 Å². The SMILES string of the molecule is C[C@@H]1O[C@@H](OC[C@H]2O[C@@H](OC(=O)C=Cc3ccccc3)[C@H](O)[C@@H](O)[C@@H]2O)[C@H](O)[C@H](O[C@@H]2O[C@H](COC(=O)C=Cc3ccccc3)[C@@H](O)[C@H](O)[C@H]2O)[C@H]1O. The Hall–Kier alpha value is -3.66. The summed E-state index contributed by atoms with van der Waals surface area (Å²) in [6, 6.07) is 17.7. The first-order valence-corrected chi connectivity index (χ1v) is 16.9. The van der Waals surface area contributed by atoms with Crippen LogP contribution in [0.25, 0.3) is 12.2 Å². The molecule has 0 bridgehead atoms. The van der Waals surface area contributed by atoms with Crippen LogP contribution in [0.1, 0.15) is 18.1 Å². The summed E-state index contributed by atoms with van der Waals surface area (Å²) in [5.41, 5.74) is 1.42. The molecule has 0 aromatic heterocycles. The van der Waals surface area contributed by atoms with Crippen molar-refractivity contribution in [2.75, 3.05) is 13.2 Å². The zero-order chi connectivity index (χ0) is 38.2. The standard InChI is InChI=1S/C36H44O17/c1-18-25(39)33(53-36-31(45)29(43)26(40)21(51-36)16-47-23(37)14-12-19-8-4-2-5-9-19)32(46)34(49-18)48-17-22-27(41)28(42)30(44)35(50-22)52-24(38)15-13-20-10-6-3-7-11-20/h2-15,18,21-22,25-36,39-46H,16-17H2,1H3/t18-,21+,22+,25-,26+,27+,28-,29-,30+,31+,32+,33+,34+,35-,36-/m0/s1. The predicted octanol–water partition coefficient (Wildman–Crippen LogP) is -2.02. The average molecular weight is 749 g/mol. The molecule has 3 heterocycles. The van der Waals surface area contributed by atoms with Crippen LogP contribution in [0.4, 0.5) is 0 Å². The molecule has 17 heteroatoms. The minimum absolute atomic E-state index is 0.562. The normalized spacial score (nSPS) is 37.8. The summed E-state index contributed by atoms with van der Waals surface area (Å²) in [6.07, 6.45) is -19.6. The van der Waals surface area contributed by atoms with E-state index in [-0.39, 0.29) is 0 Å². The molecule has 2 aromatic rings. The molecule has 53 heavy (non-hydrogen) atoms. The zero-order valence-corrected chi connectivity index (χ0v) is 28.4. The fraction of sp³-hybridized carbons (Fsp3) is 0.500. The minimum atomic E-state index is -1.88. The number of carbonyl (C=O) groups is 2. The Morgan fingerprint density at radius 2 is 1.09 bits per heavy atom. The topological polar surface area (TPSA) is 261 Å². The van der Waals surface area contributed by atoms with Gasteiger partial charge in [0.1, 0.15) is 73.8 Å². The second-order valence-electron chi connectivity index (χ2n) is 12.7. The van der Waals surface area contributed by atoms with Crippen molar-refractivity contribution in [1.29, 1.82) is 0 Å². The highest BCUT2D eigenvalue weighted by Gasteiger charge is 2.51. The van der Waals surface area contributed by atoms with Gasteiger partial charge in [0.15, 0.2) is 12.6 Å². The van der Waals surface area contributed by atoms with Crippen molar-refractivity contribution in [1.82, 2.24) is 0 Å². The van der Waals surface area contributed by atoms with E-state index in [1.165, 1.54) is 19.1 Å². The molecule has 0 unspecified atom stereocenters. The van der Waals surface area contributed by atoms with E-state index in [4.69, 9.17) is 33.2 Å². The Balaban J connectivity index is 1.17. The van der Waals surface area contributed by atoms with Gasteiger partial charge in [0, 0.05) is 12.2 Å². The van der Waals surface area contributed by atoms with Crippen LogP contribution in [0, 0.1) is 0 Å². The van der Waals surface area contributed by atoms with E-state index in [0.29, 0.717) is 5.56 Å². The Kier molecular flexibility index (Phi) is 14.2. The first-order valence-electron chi connectivity index (χ1n) is 16.9. The number of hydrogen-bond acceptors (Lipinski definition) is 17. The van der Waals surface area contributed by atoms with Crippen LogP contribution >= 0.6 is 0 Å². The maximum atomic E-state index is 12.4. The largest absolute Gasteiger partial charge is 0.460 e. The lowest BCUT2D eigenvalue weighted by Gasteiger charge is -2.46. The molecule has 3 saturated heterocycles. The van der Waals surface area contributed by atoms with Gasteiger partial charge in [0.25, 0.3) is 0 Å². The van der Waals surface area contributed by atoms with E-state index >= 15 is 0 Å². The molecule has 15 atom stereocenters. The number of carbonyl (C=O) groups excluding carboxylic acids is 2. The van der Waals surface area contributed by atoms with Crippen LogP contribution in [-0.4, -0.2) is 158 Å². The summed E-state index contributed by atoms with van der Waals surface area (Å²) < 4.78 is 38.4. The van der Waals surface area contributed by atoms with Crippen molar-refractivity contribution in [3.63, 3.8) is 0 Å². The number of benzene rings is 2. The fourth-order valence-electron chi connectivity index (χ4n) is 5.78. The van der Waals surface area contributed by atoms with Gasteiger partial charge in [-0.05, 0) is 30.2 Å². The maximum Gasteiger partial charge on any atom is 0.333 e.